The zero-order chi connectivity index (χ0) is 23.8. The summed E-state index contributed by atoms with van der Waals surface area (Å²) in [5, 5.41) is 12.6. The lowest BCUT2D eigenvalue weighted by Crippen LogP contribution is -2.54. The summed E-state index contributed by atoms with van der Waals surface area (Å²) in [6, 6.07) is 20.0. The molecule has 3 aromatic rings. The number of carbonyl (C=O) groups is 1. The van der Waals surface area contributed by atoms with E-state index in [0.29, 0.717) is 29.2 Å². The number of hydrogen-bond acceptors (Lipinski definition) is 5. The van der Waals surface area contributed by atoms with E-state index in [2.05, 4.69) is 70.7 Å². The zero-order valence-electron chi connectivity index (χ0n) is 19.5. The Hall–Kier alpha value is -3.76. The van der Waals surface area contributed by atoms with Gasteiger partial charge in [-0.3, -0.25) is 9.80 Å². The Kier molecular flexibility index (Phi) is 5.54. The molecular formula is C27H28N6O. The highest BCUT2D eigenvalue weighted by atomic mass is 16.2. The Morgan fingerprint density at radius 2 is 1.62 bits per heavy atom. The molecule has 2 aliphatic rings. The van der Waals surface area contributed by atoms with Crippen molar-refractivity contribution in [2.24, 2.45) is 0 Å². The van der Waals surface area contributed by atoms with Crippen LogP contribution in [0.25, 0.3) is 11.4 Å². The minimum atomic E-state index is -0.253. The number of nitriles is 1. The van der Waals surface area contributed by atoms with Gasteiger partial charge in [0.05, 0.1) is 41.8 Å². The molecule has 1 saturated heterocycles. The number of benzene rings is 2. The second kappa shape index (κ2) is 8.54. The minimum absolute atomic E-state index is 0.0243. The van der Waals surface area contributed by atoms with Crippen LogP contribution in [-0.2, 0) is 5.54 Å². The number of urea groups is 1. The maximum Gasteiger partial charge on any atom is 0.322 e. The molecule has 1 aliphatic carbocycles. The second-order valence-corrected chi connectivity index (χ2v) is 9.51. The van der Waals surface area contributed by atoms with Crippen LogP contribution in [0.2, 0.25) is 0 Å². The molecular weight excluding hydrogens is 424 g/mol. The Morgan fingerprint density at radius 1 is 0.971 bits per heavy atom. The van der Waals surface area contributed by atoms with Gasteiger partial charge in [0, 0.05) is 11.1 Å². The summed E-state index contributed by atoms with van der Waals surface area (Å²) in [6.07, 6.45) is 7.09. The van der Waals surface area contributed by atoms with Crippen LogP contribution in [-0.4, -0.2) is 47.1 Å². The van der Waals surface area contributed by atoms with Gasteiger partial charge in [0.25, 0.3) is 0 Å². The van der Waals surface area contributed by atoms with Crippen LogP contribution in [0.4, 0.5) is 10.5 Å². The van der Waals surface area contributed by atoms with Crippen molar-refractivity contribution < 1.29 is 4.79 Å². The molecule has 172 valence electrons. The molecule has 1 spiro atoms. The van der Waals surface area contributed by atoms with E-state index >= 15 is 0 Å². The third kappa shape index (κ3) is 3.70. The fourth-order valence-electron chi connectivity index (χ4n) is 5.46. The van der Waals surface area contributed by atoms with Crippen molar-refractivity contribution in [2.45, 2.75) is 36.8 Å². The molecule has 7 nitrogen and oxygen atoms in total. The molecule has 7 heteroatoms. The smallest absolute Gasteiger partial charge is 0.322 e. The molecule has 1 aliphatic heterocycles. The van der Waals surface area contributed by atoms with E-state index in [-0.39, 0.29) is 17.1 Å². The van der Waals surface area contributed by atoms with Gasteiger partial charge in [0.1, 0.15) is 0 Å². The average molecular weight is 453 g/mol. The number of hydrogen-bond donors (Lipinski definition) is 1. The fourth-order valence-corrected chi connectivity index (χ4v) is 5.46. The predicted molar refractivity (Wildman–Crippen MR) is 131 cm³/mol. The van der Waals surface area contributed by atoms with Crippen LogP contribution in [0, 0.1) is 11.3 Å². The van der Waals surface area contributed by atoms with Crippen LogP contribution >= 0.6 is 0 Å². The molecule has 1 aromatic heterocycles. The van der Waals surface area contributed by atoms with Crippen molar-refractivity contribution in [1.29, 1.82) is 5.26 Å². The lowest BCUT2D eigenvalue weighted by atomic mass is 9.69. The van der Waals surface area contributed by atoms with E-state index in [1.807, 2.05) is 18.2 Å². The number of amides is 2. The van der Waals surface area contributed by atoms with Crippen molar-refractivity contribution in [1.82, 2.24) is 20.2 Å². The number of aromatic nitrogens is 2. The molecule has 0 bridgehead atoms. The molecule has 1 saturated carbocycles. The summed E-state index contributed by atoms with van der Waals surface area (Å²) in [7, 11) is 4.29. The van der Waals surface area contributed by atoms with E-state index in [4.69, 9.17) is 0 Å². The highest BCUT2D eigenvalue weighted by molar-refractivity contribution is 5.95. The first-order valence-electron chi connectivity index (χ1n) is 11.6. The number of rotatable bonds is 4. The highest BCUT2D eigenvalue weighted by Crippen LogP contribution is 2.46. The number of nitrogens with one attached hydrogen (secondary N) is 1. The Balaban J connectivity index is 1.34. The molecule has 0 unspecified atom stereocenters. The maximum absolute atomic E-state index is 13.0. The van der Waals surface area contributed by atoms with Crippen molar-refractivity contribution in [2.75, 3.05) is 25.5 Å². The van der Waals surface area contributed by atoms with E-state index in [1.165, 1.54) is 5.56 Å². The van der Waals surface area contributed by atoms with Gasteiger partial charge in [0.2, 0.25) is 0 Å². The highest BCUT2D eigenvalue weighted by Gasteiger charge is 2.50. The average Bonchev–Trinajstić information content (AvgIpc) is 3.20. The molecule has 5 rings (SSSR count). The molecule has 2 heterocycles. The van der Waals surface area contributed by atoms with Crippen molar-refractivity contribution in [3.05, 3.63) is 78.1 Å². The van der Waals surface area contributed by atoms with Crippen LogP contribution in [0.15, 0.2) is 67.0 Å². The molecule has 2 fully saturated rings. The third-order valence-corrected chi connectivity index (χ3v) is 7.52. The third-order valence-electron chi connectivity index (χ3n) is 7.52. The first-order chi connectivity index (χ1) is 16.5. The molecule has 1 N–H and O–H groups in total. The van der Waals surface area contributed by atoms with Crippen LogP contribution in [0.1, 0.15) is 36.8 Å². The summed E-state index contributed by atoms with van der Waals surface area (Å²) in [6.45, 7) is 0.599. The number of nitrogens with zero attached hydrogens (tertiary/aromatic N) is 5. The van der Waals surface area contributed by atoms with Crippen LogP contribution in [0.5, 0.6) is 0 Å². The summed E-state index contributed by atoms with van der Waals surface area (Å²) >= 11 is 0. The molecule has 0 radical (unpaired) electrons. The molecule has 2 aromatic carbocycles. The molecule has 0 atom stereocenters. The minimum Gasteiger partial charge on any atom is -0.330 e. The molecule has 34 heavy (non-hydrogen) atoms. The van der Waals surface area contributed by atoms with Gasteiger partial charge in [-0.25, -0.2) is 14.8 Å². The predicted octanol–water partition coefficient (Wildman–Crippen LogP) is 4.31. The summed E-state index contributed by atoms with van der Waals surface area (Å²) in [4.78, 5) is 26.0. The van der Waals surface area contributed by atoms with Crippen LogP contribution < -0.4 is 10.2 Å². The SMILES string of the molecule is CN(C)[C@]1(c2ccccc2)CC[C@]2(CC1)CN(c1cnc(-c3ccccc3C#N)nc1)C(=O)N2. The number of anilines is 1. The van der Waals surface area contributed by atoms with Gasteiger partial charge in [-0.15, -0.1) is 0 Å². The summed E-state index contributed by atoms with van der Waals surface area (Å²) in [5.74, 6) is 0.478. The van der Waals surface area contributed by atoms with E-state index in [1.54, 1.807) is 23.4 Å². The maximum atomic E-state index is 13.0. The number of carbonyl (C=O) groups excluding carboxylic acids is 1. The lowest BCUT2D eigenvalue weighted by molar-refractivity contribution is 0.0658. The first kappa shape index (κ1) is 22.1. The largest absolute Gasteiger partial charge is 0.330 e. The van der Waals surface area contributed by atoms with Gasteiger partial charge < -0.3 is 5.32 Å². The van der Waals surface area contributed by atoms with E-state index < -0.39 is 0 Å². The monoisotopic (exact) mass is 452 g/mol. The fraction of sp³-hybridized carbons (Fsp3) is 0.333. The van der Waals surface area contributed by atoms with Crippen molar-refractivity contribution in [3.63, 3.8) is 0 Å². The standard InChI is InChI=1S/C27H28N6O/c1-32(2)27(21-9-4-3-5-10-21)14-12-26(13-15-27)19-33(25(34)31-26)22-17-29-24(30-18-22)23-11-7-6-8-20(23)16-28/h3-11,17-18H,12-15,19H2,1-2H3,(H,31,34)/t26-,27+. The van der Waals surface area contributed by atoms with E-state index in [0.717, 1.165) is 25.7 Å². The summed E-state index contributed by atoms with van der Waals surface area (Å²) < 4.78 is 0. The van der Waals surface area contributed by atoms with Gasteiger partial charge in [-0.2, -0.15) is 5.26 Å². The quantitative estimate of drug-likeness (QED) is 0.637. The van der Waals surface area contributed by atoms with Gasteiger partial charge in [-0.1, -0.05) is 42.5 Å². The van der Waals surface area contributed by atoms with Gasteiger partial charge >= 0.3 is 6.03 Å². The first-order valence-corrected chi connectivity index (χ1v) is 11.6. The van der Waals surface area contributed by atoms with Crippen molar-refractivity contribution in [3.8, 4) is 17.5 Å². The summed E-state index contributed by atoms with van der Waals surface area (Å²) in [5.41, 5.74) is 2.93. The zero-order valence-corrected chi connectivity index (χ0v) is 19.5. The Labute approximate surface area is 200 Å². The Bertz CT molecular complexity index is 1220. The lowest BCUT2D eigenvalue weighted by Gasteiger charge is -2.48. The van der Waals surface area contributed by atoms with Gasteiger partial charge in [0.15, 0.2) is 5.82 Å². The van der Waals surface area contributed by atoms with Gasteiger partial charge in [-0.05, 0) is 57.5 Å². The second-order valence-electron chi connectivity index (χ2n) is 9.51. The van der Waals surface area contributed by atoms with E-state index in [9.17, 15) is 10.1 Å². The topological polar surface area (TPSA) is 85.2 Å². The van der Waals surface area contributed by atoms with Crippen LogP contribution in [0.3, 0.4) is 0 Å². The normalized spacial score (nSPS) is 24.3. The Morgan fingerprint density at radius 3 is 2.26 bits per heavy atom. The van der Waals surface area contributed by atoms with Crippen molar-refractivity contribution >= 4 is 11.7 Å². The molecule has 2 amide bonds.